The van der Waals surface area contributed by atoms with Crippen molar-refractivity contribution in [3.05, 3.63) is 27.9 Å². The van der Waals surface area contributed by atoms with E-state index in [0.29, 0.717) is 24.3 Å². The minimum atomic E-state index is -0.505. The van der Waals surface area contributed by atoms with E-state index in [1.54, 1.807) is 19.1 Å². The van der Waals surface area contributed by atoms with Gasteiger partial charge in [0.05, 0.1) is 6.61 Å². The van der Waals surface area contributed by atoms with Gasteiger partial charge >= 0.3 is 5.82 Å². The van der Waals surface area contributed by atoms with Crippen molar-refractivity contribution < 1.29 is 9.66 Å². The number of nitro groups is 1. The van der Waals surface area contributed by atoms with E-state index in [1.165, 1.54) is 12.8 Å². The first kappa shape index (κ1) is 13.7. The van der Waals surface area contributed by atoms with Crippen molar-refractivity contribution in [2.24, 2.45) is 5.92 Å². The van der Waals surface area contributed by atoms with Gasteiger partial charge in [-0.25, -0.2) is 0 Å². The van der Waals surface area contributed by atoms with Crippen LogP contribution in [-0.2, 0) is 0 Å². The van der Waals surface area contributed by atoms with Crippen LogP contribution in [0.15, 0.2) is 12.1 Å². The zero-order valence-corrected chi connectivity index (χ0v) is 11.3. The van der Waals surface area contributed by atoms with Gasteiger partial charge in [0, 0.05) is 25.4 Å². The molecule has 0 bridgehead atoms. The predicted octanol–water partition coefficient (Wildman–Crippen LogP) is 2.07. The molecule has 1 fully saturated rings. The number of nitrogens with one attached hydrogen (secondary N) is 1. The maximum absolute atomic E-state index is 10.9. The van der Waals surface area contributed by atoms with Gasteiger partial charge in [-0.3, -0.25) is 0 Å². The second kappa shape index (κ2) is 5.97. The van der Waals surface area contributed by atoms with Crippen molar-refractivity contribution in [1.82, 2.24) is 10.3 Å². The normalized spacial score (nSPS) is 16.1. The summed E-state index contributed by atoms with van der Waals surface area (Å²) in [4.78, 5) is 14.3. The Kier molecular flexibility index (Phi) is 4.31. The van der Waals surface area contributed by atoms with Crippen molar-refractivity contribution >= 4 is 5.82 Å². The molecule has 2 rings (SSSR count). The lowest BCUT2D eigenvalue weighted by molar-refractivity contribution is -0.390. The Morgan fingerprint density at radius 1 is 1.58 bits per heavy atom. The lowest BCUT2D eigenvalue weighted by Gasteiger charge is -2.13. The molecule has 104 valence electrons. The number of aromatic nitrogens is 1. The number of nitrogens with zero attached hydrogens (tertiary/aromatic N) is 2. The van der Waals surface area contributed by atoms with E-state index in [9.17, 15) is 10.1 Å². The Labute approximate surface area is 112 Å². The van der Waals surface area contributed by atoms with Crippen LogP contribution in [-0.4, -0.2) is 29.1 Å². The summed E-state index contributed by atoms with van der Waals surface area (Å²) in [5, 5.41) is 14.3. The first-order valence-corrected chi connectivity index (χ1v) is 6.54. The van der Waals surface area contributed by atoms with E-state index in [4.69, 9.17) is 4.74 Å². The van der Waals surface area contributed by atoms with Crippen LogP contribution in [0.25, 0.3) is 0 Å². The van der Waals surface area contributed by atoms with Gasteiger partial charge in [0.15, 0.2) is 0 Å². The number of hydrogen-bond donors (Lipinski definition) is 1. The van der Waals surface area contributed by atoms with Crippen molar-refractivity contribution in [2.45, 2.75) is 32.7 Å². The Bertz CT molecular complexity index is 460. The standard InChI is InChI=1S/C13H19N3O3/c1-9(7-14-11-4-5-11)8-19-12-6-3-10(2)15-13(12)16(17)18/h3,6,9,11,14H,4-5,7-8H2,1-2H3. The molecule has 0 aromatic carbocycles. The summed E-state index contributed by atoms with van der Waals surface area (Å²) >= 11 is 0. The highest BCUT2D eigenvalue weighted by atomic mass is 16.6. The van der Waals surface area contributed by atoms with Crippen LogP contribution in [0.1, 0.15) is 25.5 Å². The van der Waals surface area contributed by atoms with E-state index in [2.05, 4.69) is 17.2 Å². The molecule has 1 N–H and O–H groups in total. The third-order valence-electron chi connectivity index (χ3n) is 3.01. The van der Waals surface area contributed by atoms with E-state index in [0.717, 1.165) is 6.54 Å². The molecule has 1 aliphatic rings. The zero-order chi connectivity index (χ0) is 13.8. The van der Waals surface area contributed by atoms with Crippen LogP contribution >= 0.6 is 0 Å². The van der Waals surface area contributed by atoms with Crippen LogP contribution in [0.4, 0.5) is 5.82 Å². The highest BCUT2D eigenvalue weighted by molar-refractivity contribution is 5.40. The molecule has 1 aliphatic carbocycles. The minimum Gasteiger partial charge on any atom is -0.485 e. The number of aryl methyl sites for hydroxylation is 1. The smallest absolute Gasteiger partial charge is 0.406 e. The Balaban J connectivity index is 1.88. The molecule has 0 amide bonds. The summed E-state index contributed by atoms with van der Waals surface area (Å²) in [6, 6.07) is 3.99. The Morgan fingerprint density at radius 2 is 2.32 bits per heavy atom. The van der Waals surface area contributed by atoms with Gasteiger partial charge in [-0.05, 0) is 34.9 Å². The number of hydrogen-bond acceptors (Lipinski definition) is 5. The van der Waals surface area contributed by atoms with Gasteiger partial charge in [0.1, 0.15) is 5.69 Å². The molecule has 0 spiro atoms. The fourth-order valence-corrected chi connectivity index (χ4v) is 1.72. The summed E-state index contributed by atoms with van der Waals surface area (Å²) in [5.41, 5.74) is 0.613. The minimum absolute atomic E-state index is 0.206. The summed E-state index contributed by atoms with van der Waals surface area (Å²) in [6.45, 7) is 5.10. The lowest BCUT2D eigenvalue weighted by atomic mass is 10.2. The molecule has 0 saturated heterocycles. The van der Waals surface area contributed by atoms with Crippen molar-refractivity contribution in [1.29, 1.82) is 0 Å². The molecule has 0 aliphatic heterocycles. The molecular formula is C13H19N3O3. The average molecular weight is 265 g/mol. The Hall–Kier alpha value is -1.69. The lowest BCUT2D eigenvalue weighted by Crippen LogP contribution is -2.26. The number of rotatable bonds is 7. The molecule has 1 heterocycles. The van der Waals surface area contributed by atoms with Crippen LogP contribution in [0.5, 0.6) is 5.75 Å². The fraction of sp³-hybridized carbons (Fsp3) is 0.615. The number of pyridine rings is 1. The van der Waals surface area contributed by atoms with E-state index < -0.39 is 4.92 Å². The van der Waals surface area contributed by atoms with Gasteiger partial charge < -0.3 is 20.2 Å². The second-order valence-corrected chi connectivity index (χ2v) is 5.13. The fourth-order valence-electron chi connectivity index (χ4n) is 1.72. The summed E-state index contributed by atoms with van der Waals surface area (Å²) < 4.78 is 5.52. The molecule has 6 nitrogen and oxygen atoms in total. The molecule has 6 heteroatoms. The van der Waals surface area contributed by atoms with Crippen molar-refractivity contribution in [2.75, 3.05) is 13.2 Å². The highest BCUT2D eigenvalue weighted by Gasteiger charge is 2.22. The Morgan fingerprint density at radius 3 is 2.95 bits per heavy atom. The van der Waals surface area contributed by atoms with Gasteiger partial charge in [-0.15, -0.1) is 0 Å². The topological polar surface area (TPSA) is 77.3 Å². The third kappa shape index (κ3) is 4.17. The summed E-state index contributed by atoms with van der Waals surface area (Å²) in [6.07, 6.45) is 2.50. The largest absolute Gasteiger partial charge is 0.485 e. The average Bonchev–Trinajstić information content (AvgIpc) is 3.18. The highest BCUT2D eigenvalue weighted by Crippen LogP contribution is 2.25. The van der Waals surface area contributed by atoms with Gasteiger partial charge in [0.2, 0.25) is 5.75 Å². The molecule has 19 heavy (non-hydrogen) atoms. The molecule has 1 aromatic heterocycles. The molecule has 1 aromatic rings. The predicted molar refractivity (Wildman–Crippen MR) is 71.3 cm³/mol. The van der Waals surface area contributed by atoms with E-state index >= 15 is 0 Å². The molecule has 0 radical (unpaired) electrons. The maximum Gasteiger partial charge on any atom is 0.406 e. The zero-order valence-electron chi connectivity index (χ0n) is 11.3. The summed E-state index contributed by atoms with van der Waals surface area (Å²) in [7, 11) is 0. The molecule has 1 atom stereocenters. The first-order valence-electron chi connectivity index (χ1n) is 6.54. The molecule has 1 saturated carbocycles. The van der Waals surface area contributed by atoms with Crippen molar-refractivity contribution in [3.8, 4) is 5.75 Å². The van der Waals surface area contributed by atoms with Crippen molar-refractivity contribution in [3.63, 3.8) is 0 Å². The first-order chi connectivity index (χ1) is 9.06. The second-order valence-electron chi connectivity index (χ2n) is 5.13. The van der Waals surface area contributed by atoms with Gasteiger partial charge in [0.25, 0.3) is 0 Å². The third-order valence-corrected chi connectivity index (χ3v) is 3.01. The molecule has 1 unspecified atom stereocenters. The summed E-state index contributed by atoms with van der Waals surface area (Å²) in [5.74, 6) is 0.345. The monoisotopic (exact) mass is 265 g/mol. The quantitative estimate of drug-likeness (QED) is 0.603. The number of ether oxygens (including phenoxy) is 1. The van der Waals surface area contributed by atoms with Crippen LogP contribution in [0, 0.1) is 23.0 Å². The maximum atomic E-state index is 10.9. The van der Waals surface area contributed by atoms with Gasteiger partial charge in [-0.2, -0.15) is 0 Å². The van der Waals surface area contributed by atoms with E-state index in [1.807, 2.05) is 0 Å². The van der Waals surface area contributed by atoms with E-state index in [-0.39, 0.29) is 11.6 Å². The van der Waals surface area contributed by atoms with Gasteiger partial charge in [-0.1, -0.05) is 6.92 Å². The van der Waals surface area contributed by atoms with Crippen LogP contribution < -0.4 is 10.1 Å². The van der Waals surface area contributed by atoms with Crippen LogP contribution in [0.3, 0.4) is 0 Å². The van der Waals surface area contributed by atoms with Crippen LogP contribution in [0.2, 0.25) is 0 Å². The molecular weight excluding hydrogens is 246 g/mol. The SMILES string of the molecule is Cc1ccc(OCC(C)CNC2CC2)c([N+](=O)[O-])n1.